The Labute approximate surface area is 129 Å². The lowest BCUT2D eigenvalue weighted by Gasteiger charge is -2.29. The van der Waals surface area contributed by atoms with Gasteiger partial charge in [-0.3, -0.25) is 0 Å². The van der Waals surface area contributed by atoms with Crippen LogP contribution in [0.25, 0.3) is 0 Å². The van der Waals surface area contributed by atoms with E-state index in [1.165, 1.54) is 0 Å². The molecule has 0 bridgehead atoms. The lowest BCUT2D eigenvalue weighted by molar-refractivity contribution is 0.324. The first-order valence-electron chi connectivity index (χ1n) is 7.64. The SMILES string of the molecule is CCCCN(C(C)CC)S(=O)(=O)c1c(C)ccc(N)c1C. The molecule has 0 saturated heterocycles. The minimum atomic E-state index is -3.52. The van der Waals surface area contributed by atoms with Gasteiger partial charge in [0.05, 0.1) is 4.90 Å². The molecule has 0 aliphatic rings. The van der Waals surface area contributed by atoms with E-state index < -0.39 is 10.0 Å². The molecular weight excluding hydrogens is 284 g/mol. The minimum Gasteiger partial charge on any atom is -0.398 e. The second-order valence-electron chi connectivity index (χ2n) is 5.65. The number of rotatable bonds is 7. The van der Waals surface area contributed by atoms with Crippen molar-refractivity contribution < 1.29 is 8.42 Å². The van der Waals surface area contributed by atoms with Crippen LogP contribution in [0.5, 0.6) is 0 Å². The zero-order chi connectivity index (χ0) is 16.2. The van der Waals surface area contributed by atoms with E-state index in [4.69, 9.17) is 5.73 Å². The topological polar surface area (TPSA) is 63.4 Å². The maximum absolute atomic E-state index is 13.1. The molecule has 0 heterocycles. The molecule has 1 rings (SSSR count). The predicted octanol–water partition coefficient (Wildman–Crippen LogP) is 3.47. The molecule has 1 unspecified atom stereocenters. The van der Waals surface area contributed by atoms with E-state index in [0.29, 0.717) is 22.7 Å². The van der Waals surface area contributed by atoms with Gasteiger partial charge in [-0.1, -0.05) is 26.3 Å². The van der Waals surface area contributed by atoms with Crippen molar-refractivity contribution in [3.05, 3.63) is 23.3 Å². The van der Waals surface area contributed by atoms with E-state index in [1.807, 2.05) is 20.8 Å². The number of benzene rings is 1. The van der Waals surface area contributed by atoms with Crippen LogP contribution >= 0.6 is 0 Å². The molecule has 0 aliphatic heterocycles. The van der Waals surface area contributed by atoms with Gasteiger partial charge in [-0.15, -0.1) is 0 Å². The van der Waals surface area contributed by atoms with E-state index in [-0.39, 0.29) is 6.04 Å². The van der Waals surface area contributed by atoms with Gasteiger partial charge in [0.2, 0.25) is 10.0 Å². The van der Waals surface area contributed by atoms with E-state index in [1.54, 1.807) is 23.4 Å². The maximum Gasteiger partial charge on any atom is 0.243 e. The van der Waals surface area contributed by atoms with Crippen LogP contribution in [0.3, 0.4) is 0 Å². The third-order valence-corrected chi connectivity index (χ3v) is 6.33. The molecule has 2 N–H and O–H groups in total. The number of nitrogens with zero attached hydrogens (tertiary/aromatic N) is 1. The summed E-state index contributed by atoms with van der Waals surface area (Å²) in [4.78, 5) is 0.374. The molecule has 0 amide bonds. The van der Waals surface area contributed by atoms with Crippen LogP contribution in [0, 0.1) is 13.8 Å². The zero-order valence-corrected chi connectivity index (χ0v) is 14.6. The highest BCUT2D eigenvalue weighted by Gasteiger charge is 2.30. The van der Waals surface area contributed by atoms with Gasteiger partial charge in [-0.05, 0) is 50.8 Å². The van der Waals surface area contributed by atoms with Crippen molar-refractivity contribution in [1.82, 2.24) is 4.31 Å². The van der Waals surface area contributed by atoms with Crippen molar-refractivity contribution >= 4 is 15.7 Å². The first kappa shape index (κ1) is 18.0. The van der Waals surface area contributed by atoms with Crippen LogP contribution in [0.1, 0.15) is 51.2 Å². The van der Waals surface area contributed by atoms with Crippen molar-refractivity contribution in [2.24, 2.45) is 0 Å². The Kier molecular flexibility index (Phi) is 6.23. The Morgan fingerprint density at radius 3 is 2.38 bits per heavy atom. The quantitative estimate of drug-likeness (QED) is 0.784. The van der Waals surface area contributed by atoms with E-state index in [2.05, 4.69) is 6.92 Å². The lowest BCUT2D eigenvalue weighted by Crippen LogP contribution is -2.39. The van der Waals surface area contributed by atoms with Gasteiger partial charge in [-0.2, -0.15) is 4.31 Å². The van der Waals surface area contributed by atoms with Crippen molar-refractivity contribution in [1.29, 1.82) is 0 Å². The van der Waals surface area contributed by atoms with Gasteiger partial charge >= 0.3 is 0 Å². The molecule has 1 atom stereocenters. The van der Waals surface area contributed by atoms with E-state index >= 15 is 0 Å². The molecular formula is C16H28N2O2S. The zero-order valence-electron chi connectivity index (χ0n) is 13.8. The second kappa shape index (κ2) is 7.27. The molecule has 21 heavy (non-hydrogen) atoms. The Bertz CT molecular complexity index is 582. The summed E-state index contributed by atoms with van der Waals surface area (Å²) < 4.78 is 27.8. The average molecular weight is 312 g/mol. The average Bonchev–Trinajstić information content (AvgIpc) is 2.43. The monoisotopic (exact) mass is 312 g/mol. The van der Waals surface area contributed by atoms with Crippen molar-refractivity contribution in [3.63, 3.8) is 0 Å². The molecule has 0 spiro atoms. The third-order valence-electron chi connectivity index (χ3n) is 4.03. The summed E-state index contributed by atoms with van der Waals surface area (Å²) in [5.41, 5.74) is 7.85. The van der Waals surface area contributed by atoms with Crippen LogP contribution in [0.4, 0.5) is 5.69 Å². The Balaban J connectivity index is 3.39. The molecule has 120 valence electrons. The number of anilines is 1. The van der Waals surface area contributed by atoms with Gasteiger partial charge in [0.1, 0.15) is 0 Å². The minimum absolute atomic E-state index is 0.0122. The van der Waals surface area contributed by atoms with Gasteiger partial charge in [0, 0.05) is 18.3 Å². The molecule has 0 aromatic heterocycles. The number of hydrogen-bond acceptors (Lipinski definition) is 3. The smallest absolute Gasteiger partial charge is 0.243 e. The van der Waals surface area contributed by atoms with Crippen LogP contribution < -0.4 is 5.73 Å². The largest absolute Gasteiger partial charge is 0.398 e. The molecule has 1 aromatic carbocycles. The van der Waals surface area contributed by atoms with Crippen LogP contribution in [-0.4, -0.2) is 25.3 Å². The highest BCUT2D eigenvalue weighted by Crippen LogP contribution is 2.29. The summed E-state index contributed by atoms with van der Waals surface area (Å²) in [6, 6.07) is 3.54. The first-order chi connectivity index (χ1) is 9.77. The second-order valence-corrected chi connectivity index (χ2v) is 7.48. The molecule has 0 fully saturated rings. The third kappa shape index (κ3) is 3.77. The fraction of sp³-hybridized carbons (Fsp3) is 0.625. The van der Waals surface area contributed by atoms with Crippen LogP contribution in [-0.2, 0) is 10.0 Å². The van der Waals surface area contributed by atoms with Gasteiger partial charge < -0.3 is 5.73 Å². The maximum atomic E-state index is 13.1. The summed E-state index contributed by atoms with van der Waals surface area (Å²) in [6.07, 6.45) is 2.63. The number of aryl methyl sites for hydroxylation is 1. The van der Waals surface area contributed by atoms with Crippen molar-refractivity contribution in [3.8, 4) is 0 Å². The summed E-state index contributed by atoms with van der Waals surface area (Å²) in [5, 5.41) is 0. The number of hydrogen-bond donors (Lipinski definition) is 1. The van der Waals surface area contributed by atoms with Crippen LogP contribution in [0.15, 0.2) is 17.0 Å². The van der Waals surface area contributed by atoms with E-state index in [0.717, 1.165) is 24.8 Å². The summed E-state index contributed by atoms with van der Waals surface area (Å²) in [6.45, 7) is 10.2. The lowest BCUT2D eigenvalue weighted by atomic mass is 10.1. The molecule has 0 aliphatic carbocycles. The highest BCUT2D eigenvalue weighted by molar-refractivity contribution is 7.89. The van der Waals surface area contributed by atoms with Crippen molar-refractivity contribution in [2.75, 3.05) is 12.3 Å². The van der Waals surface area contributed by atoms with Gasteiger partial charge in [-0.25, -0.2) is 8.42 Å². The van der Waals surface area contributed by atoms with Gasteiger partial charge in [0.25, 0.3) is 0 Å². The van der Waals surface area contributed by atoms with E-state index in [9.17, 15) is 8.42 Å². The normalized spacial score (nSPS) is 13.6. The highest BCUT2D eigenvalue weighted by atomic mass is 32.2. The Hall–Kier alpha value is -1.07. The van der Waals surface area contributed by atoms with Crippen LogP contribution in [0.2, 0.25) is 0 Å². The molecule has 0 radical (unpaired) electrons. The summed E-state index contributed by atoms with van der Waals surface area (Å²) in [5.74, 6) is 0. The first-order valence-corrected chi connectivity index (χ1v) is 9.08. The fourth-order valence-electron chi connectivity index (χ4n) is 2.45. The number of nitrogen functional groups attached to an aromatic ring is 1. The number of sulfonamides is 1. The molecule has 1 aromatic rings. The molecule has 0 saturated carbocycles. The summed E-state index contributed by atoms with van der Waals surface area (Å²) >= 11 is 0. The fourth-order valence-corrected chi connectivity index (χ4v) is 4.66. The number of nitrogens with two attached hydrogens (primary N) is 1. The van der Waals surface area contributed by atoms with Crippen molar-refractivity contribution in [2.45, 2.75) is 64.8 Å². The van der Waals surface area contributed by atoms with Gasteiger partial charge in [0.15, 0.2) is 0 Å². The molecule has 4 nitrogen and oxygen atoms in total. The predicted molar refractivity (Wildman–Crippen MR) is 88.9 cm³/mol. The number of unbranched alkanes of at least 4 members (excludes halogenated alkanes) is 1. The summed E-state index contributed by atoms with van der Waals surface area (Å²) in [7, 11) is -3.52. The Morgan fingerprint density at radius 2 is 1.86 bits per heavy atom. The molecule has 5 heteroatoms. The Morgan fingerprint density at radius 1 is 1.24 bits per heavy atom. The standard InChI is InChI=1S/C16H28N2O2S/c1-6-8-11-18(13(4)7-2)21(19,20)16-12(3)9-10-15(17)14(16)5/h9-10,13H,6-8,11,17H2,1-5H3.